The van der Waals surface area contributed by atoms with Gasteiger partial charge in [-0.2, -0.15) is 9.61 Å². The predicted molar refractivity (Wildman–Crippen MR) is 144 cm³/mol. The number of hydrogen-bond donors (Lipinski definition) is 2. The maximum absolute atomic E-state index is 13.1. The van der Waals surface area contributed by atoms with Crippen LogP contribution >= 0.6 is 38.5 Å². The molecule has 0 radical (unpaired) electrons. The quantitative estimate of drug-likeness (QED) is 0.222. The molecule has 1 aliphatic rings. The summed E-state index contributed by atoms with van der Waals surface area (Å²) in [5.41, 5.74) is 3.25. The number of halogens is 2. The van der Waals surface area contributed by atoms with Crippen LogP contribution in [0.5, 0.6) is 5.75 Å². The molecule has 1 fully saturated rings. The Morgan fingerprint density at radius 3 is 2.83 bits per heavy atom. The highest BCUT2D eigenvalue weighted by atomic mass is 127. The Bertz CT molecular complexity index is 1380. The van der Waals surface area contributed by atoms with Crippen molar-refractivity contribution >= 4 is 55.9 Å². The maximum Gasteiger partial charge on any atom is 0.259 e. The number of aryl methyl sites for hydroxylation is 1. The average molecular weight is 651 g/mol. The van der Waals surface area contributed by atoms with Crippen molar-refractivity contribution < 1.29 is 14.4 Å². The van der Waals surface area contributed by atoms with Gasteiger partial charge in [-0.3, -0.25) is 4.79 Å². The van der Waals surface area contributed by atoms with E-state index in [0.29, 0.717) is 57.4 Å². The number of fused-ring (bicyclic) bond motifs is 1. The highest BCUT2D eigenvalue weighted by Crippen LogP contribution is 2.31. The third-order valence-electron chi connectivity index (χ3n) is 6.35. The highest BCUT2D eigenvalue weighted by Gasteiger charge is 2.28. The second kappa shape index (κ2) is 10.1. The van der Waals surface area contributed by atoms with Gasteiger partial charge in [0.25, 0.3) is 5.91 Å². The number of piperidine rings is 1. The first-order valence-electron chi connectivity index (χ1n) is 11.3. The van der Waals surface area contributed by atoms with E-state index in [4.69, 9.17) is 9.51 Å². The largest absolute Gasteiger partial charge is 0.507 e. The number of alkyl halides is 1. The van der Waals surface area contributed by atoms with Gasteiger partial charge < -0.3 is 19.8 Å². The first kappa shape index (κ1) is 24.0. The van der Waals surface area contributed by atoms with Gasteiger partial charge in [0, 0.05) is 31.3 Å². The summed E-state index contributed by atoms with van der Waals surface area (Å²) >= 11 is 5.71. The van der Waals surface area contributed by atoms with Crippen molar-refractivity contribution in [2.45, 2.75) is 24.2 Å². The number of carbonyl (C=O) groups excluding carboxylic acids is 1. The van der Waals surface area contributed by atoms with E-state index in [0.717, 1.165) is 29.7 Å². The van der Waals surface area contributed by atoms with Crippen molar-refractivity contribution in [2.24, 2.45) is 5.92 Å². The number of rotatable bonds is 6. The summed E-state index contributed by atoms with van der Waals surface area (Å²) in [7, 11) is 0. The van der Waals surface area contributed by atoms with Crippen molar-refractivity contribution in [3.8, 4) is 17.0 Å². The Kier molecular flexibility index (Phi) is 6.96. The molecule has 5 rings (SSSR count). The molecule has 1 amide bonds. The molecule has 9 nitrogen and oxygen atoms in total. The smallest absolute Gasteiger partial charge is 0.259 e. The van der Waals surface area contributed by atoms with Gasteiger partial charge >= 0.3 is 0 Å². The van der Waals surface area contributed by atoms with E-state index in [-0.39, 0.29) is 11.7 Å². The van der Waals surface area contributed by atoms with E-state index in [1.807, 2.05) is 30.0 Å². The fourth-order valence-corrected chi connectivity index (χ4v) is 5.29. The van der Waals surface area contributed by atoms with Crippen LogP contribution in [-0.4, -0.2) is 55.3 Å². The number of benzene rings is 1. The normalized spacial score (nSPS) is 14.5. The molecule has 35 heavy (non-hydrogen) atoms. The van der Waals surface area contributed by atoms with Crippen molar-refractivity contribution in [1.82, 2.24) is 24.7 Å². The second-order valence-corrected chi connectivity index (χ2v) is 10.2. The van der Waals surface area contributed by atoms with Crippen molar-refractivity contribution in [1.29, 1.82) is 0 Å². The number of aromatic hydroxyl groups is 1. The summed E-state index contributed by atoms with van der Waals surface area (Å²) < 4.78 is 8.46. The third kappa shape index (κ3) is 4.75. The lowest BCUT2D eigenvalue weighted by Gasteiger charge is -2.32. The summed E-state index contributed by atoms with van der Waals surface area (Å²) in [6.07, 6.45) is 3.50. The molecule has 1 aromatic carbocycles. The molecule has 0 aliphatic carbocycles. The number of phenolic OH excluding ortho intramolecular Hbond substituents is 1. The molecule has 0 spiro atoms. The van der Waals surface area contributed by atoms with Crippen LogP contribution in [0.2, 0.25) is 0 Å². The van der Waals surface area contributed by atoms with Gasteiger partial charge in [-0.05, 0) is 53.7 Å². The van der Waals surface area contributed by atoms with Crippen molar-refractivity contribution in [2.75, 3.05) is 25.0 Å². The van der Waals surface area contributed by atoms with Crippen LogP contribution in [-0.2, 0) is 4.43 Å². The van der Waals surface area contributed by atoms with Gasteiger partial charge in [-0.1, -0.05) is 39.9 Å². The molecule has 1 saturated heterocycles. The molecule has 0 atom stereocenters. The summed E-state index contributed by atoms with van der Waals surface area (Å²) in [6.45, 7) is 3.94. The number of amides is 1. The van der Waals surface area contributed by atoms with Crippen LogP contribution in [0.1, 0.15) is 34.7 Å². The van der Waals surface area contributed by atoms with Gasteiger partial charge in [0.05, 0.1) is 26.5 Å². The average Bonchev–Trinajstić information content (AvgIpc) is 3.44. The molecule has 4 heterocycles. The number of anilines is 1. The number of aromatic nitrogens is 4. The third-order valence-corrected chi connectivity index (χ3v) is 7.60. The molecule has 11 heteroatoms. The van der Waals surface area contributed by atoms with E-state index >= 15 is 0 Å². The minimum absolute atomic E-state index is 0.00590. The van der Waals surface area contributed by atoms with Crippen LogP contribution in [0, 0.1) is 12.8 Å². The van der Waals surface area contributed by atoms with Gasteiger partial charge in [0.1, 0.15) is 17.1 Å². The lowest BCUT2D eigenvalue weighted by atomic mass is 9.96. The molecule has 1 aliphatic heterocycles. The molecule has 3 aromatic heterocycles. The number of nitrogens with one attached hydrogen (secondary N) is 1. The standard InChI is InChI=1S/C24H24BrIN6O3/c1-14-22(20(11-26)35-30-14)24(34)31-8-6-15(7-9-31)12-27-21-10-18(16-4-2-3-5-19(16)33)29-23-17(25)13-28-32(21)23/h2-5,10,13,15,27,33H,6-9,11-12H2,1H3. The number of phenols is 1. The summed E-state index contributed by atoms with van der Waals surface area (Å²) in [4.78, 5) is 19.7. The van der Waals surface area contributed by atoms with Gasteiger partial charge in [-0.25, -0.2) is 4.98 Å². The van der Waals surface area contributed by atoms with Crippen LogP contribution in [0.15, 0.2) is 45.5 Å². The van der Waals surface area contributed by atoms with Gasteiger partial charge in [0.15, 0.2) is 11.4 Å². The zero-order chi connectivity index (χ0) is 24.5. The Balaban J connectivity index is 1.29. The molecule has 0 unspecified atom stereocenters. The molecule has 0 bridgehead atoms. The lowest BCUT2D eigenvalue weighted by Crippen LogP contribution is -2.40. The number of hydrogen-bond acceptors (Lipinski definition) is 7. The van der Waals surface area contributed by atoms with E-state index in [1.54, 1.807) is 22.8 Å². The molecule has 2 N–H and O–H groups in total. The Labute approximate surface area is 224 Å². The van der Waals surface area contributed by atoms with E-state index < -0.39 is 0 Å². The number of para-hydroxylation sites is 1. The SMILES string of the molecule is Cc1noc(CI)c1C(=O)N1CCC(CNc2cc(-c3ccccc3O)nc3c(Br)cnn23)CC1. The minimum Gasteiger partial charge on any atom is -0.507 e. The fourth-order valence-electron chi connectivity index (χ4n) is 4.42. The molecule has 182 valence electrons. The predicted octanol–water partition coefficient (Wildman–Crippen LogP) is 5.06. The van der Waals surface area contributed by atoms with E-state index in [9.17, 15) is 9.90 Å². The zero-order valence-corrected chi connectivity index (χ0v) is 22.8. The number of likely N-dealkylation sites (tertiary alicyclic amines) is 1. The fraction of sp³-hybridized carbons (Fsp3) is 0.333. The first-order chi connectivity index (χ1) is 17.0. The molecule has 0 saturated carbocycles. The van der Waals surface area contributed by atoms with Crippen LogP contribution in [0.25, 0.3) is 16.9 Å². The number of carbonyl (C=O) groups is 1. The maximum atomic E-state index is 13.1. The first-order valence-corrected chi connectivity index (χ1v) is 13.6. The second-order valence-electron chi connectivity index (χ2n) is 8.59. The molecule has 4 aromatic rings. The van der Waals surface area contributed by atoms with E-state index in [1.165, 1.54) is 0 Å². The molecular formula is C24H24BrIN6O3. The number of nitrogens with zero attached hydrogens (tertiary/aromatic N) is 5. The van der Waals surface area contributed by atoms with Crippen molar-refractivity contribution in [3.63, 3.8) is 0 Å². The highest BCUT2D eigenvalue weighted by molar-refractivity contribution is 14.1. The molecular weight excluding hydrogens is 627 g/mol. The topological polar surface area (TPSA) is 109 Å². The van der Waals surface area contributed by atoms with Crippen LogP contribution in [0.4, 0.5) is 5.82 Å². The minimum atomic E-state index is 0.00590. The van der Waals surface area contributed by atoms with E-state index in [2.05, 4.69) is 54.1 Å². The van der Waals surface area contributed by atoms with Gasteiger partial charge in [-0.15, -0.1) is 0 Å². The summed E-state index contributed by atoms with van der Waals surface area (Å²) in [6, 6.07) is 9.06. The van der Waals surface area contributed by atoms with Crippen molar-refractivity contribution in [3.05, 3.63) is 58.0 Å². The Morgan fingerprint density at radius 2 is 2.09 bits per heavy atom. The zero-order valence-electron chi connectivity index (χ0n) is 19.0. The lowest BCUT2D eigenvalue weighted by molar-refractivity contribution is 0.0692. The monoisotopic (exact) mass is 650 g/mol. The van der Waals surface area contributed by atoms with Crippen LogP contribution in [0.3, 0.4) is 0 Å². The Hall–Kier alpha value is -2.67. The van der Waals surface area contributed by atoms with Crippen LogP contribution < -0.4 is 5.32 Å². The Morgan fingerprint density at radius 1 is 1.31 bits per heavy atom. The van der Waals surface area contributed by atoms with Gasteiger partial charge in [0.2, 0.25) is 0 Å². The summed E-state index contributed by atoms with van der Waals surface area (Å²) in [5, 5.41) is 22.3. The summed E-state index contributed by atoms with van der Waals surface area (Å²) in [5.74, 6) is 2.03.